The summed E-state index contributed by atoms with van der Waals surface area (Å²) in [5.41, 5.74) is 5.75. The van der Waals surface area contributed by atoms with Crippen LogP contribution < -0.4 is 5.73 Å². The van der Waals surface area contributed by atoms with Crippen LogP contribution in [0.15, 0.2) is 12.4 Å². The molecule has 0 amide bonds. The van der Waals surface area contributed by atoms with Gasteiger partial charge in [-0.1, -0.05) is 0 Å². The number of alkyl halides is 2. The quantitative estimate of drug-likeness (QED) is 0.671. The fourth-order valence-corrected chi connectivity index (χ4v) is 1.17. The van der Waals surface area contributed by atoms with E-state index in [1.165, 1.54) is 0 Å². The number of imidazole rings is 1. The zero-order chi connectivity index (χ0) is 11.1. The predicted molar refractivity (Wildman–Crippen MR) is 51.7 cm³/mol. The second-order valence-electron chi connectivity index (χ2n) is 3.25. The van der Waals surface area contributed by atoms with Crippen LogP contribution in [0.2, 0.25) is 0 Å². The van der Waals surface area contributed by atoms with Crippen molar-refractivity contribution in [2.75, 3.05) is 13.2 Å². The fraction of sp³-hybridized carbons (Fsp3) is 0.667. The Morgan fingerprint density at radius 2 is 2.33 bits per heavy atom. The number of nitrogens with one attached hydrogen (secondary N) is 1. The van der Waals surface area contributed by atoms with E-state index < -0.39 is 13.0 Å². The second-order valence-corrected chi connectivity index (χ2v) is 3.25. The summed E-state index contributed by atoms with van der Waals surface area (Å²) in [6, 6.07) is -0.117. The van der Waals surface area contributed by atoms with Gasteiger partial charge in [0.05, 0.1) is 0 Å². The predicted octanol–water partition coefficient (Wildman–Crippen LogP) is 0.951. The Balaban J connectivity index is 2.06. The minimum Gasteiger partial charge on any atom is -0.375 e. The van der Waals surface area contributed by atoms with E-state index in [0.29, 0.717) is 12.8 Å². The zero-order valence-corrected chi connectivity index (χ0v) is 8.33. The van der Waals surface area contributed by atoms with Crippen LogP contribution in [0.3, 0.4) is 0 Å². The van der Waals surface area contributed by atoms with Gasteiger partial charge < -0.3 is 15.5 Å². The third kappa shape index (κ3) is 5.44. The maximum Gasteiger partial charge on any atom is 0.261 e. The minimum atomic E-state index is -2.41. The van der Waals surface area contributed by atoms with Gasteiger partial charge in [0.2, 0.25) is 0 Å². The van der Waals surface area contributed by atoms with Crippen LogP contribution in [0.4, 0.5) is 8.78 Å². The van der Waals surface area contributed by atoms with Crippen molar-refractivity contribution >= 4 is 0 Å². The lowest BCUT2D eigenvalue weighted by Crippen LogP contribution is -2.25. The first kappa shape index (κ1) is 12.1. The molecule has 1 aromatic heterocycles. The van der Waals surface area contributed by atoms with Gasteiger partial charge in [-0.15, -0.1) is 0 Å². The van der Waals surface area contributed by atoms with E-state index in [1.54, 1.807) is 12.4 Å². The Morgan fingerprint density at radius 1 is 1.53 bits per heavy atom. The molecule has 1 aromatic rings. The maximum absolute atomic E-state index is 11.7. The molecule has 4 nitrogen and oxygen atoms in total. The fourth-order valence-electron chi connectivity index (χ4n) is 1.17. The molecule has 1 unspecified atom stereocenters. The third-order valence-corrected chi connectivity index (χ3v) is 1.89. The van der Waals surface area contributed by atoms with Gasteiger partial charge >= 0.3 is 0 Å². The van der Waals surface area contributed by atoms with E-state index in [0.717, 1.165) is 5.82 Å². The molecule has 1 atom stereocenters. The maximum atomic E-state index is 11.7. The van der Waals surface area contributed by atoms with Crippen LogP contribution in [0, 0.1) is 0 Å². The van der Waals surface area contributed by atoms with Crippen molar-refractivity contribution in [1.82, 2.24) is 9.97 Å². The average Bonchev–Trinajstić information content (AvgIpc) is 2.64. The second kappa shape index (κ2) is 6.47. The lowest BCUT2D eigenvalue weighted by molar-refractivity contribution is 0.0152. The zero-order valence-electron chi connectivity index (χ0n) is 8.33. The molecule has 6 heteroatoms. The molecule has 0 bridgehead atoms. The molecule has 1 heterocycles. The molecule has 0 aliphatic rings. The van der Waals surface area contributed by atoms with E-state index in [1.807, 2.05) is 0 Å². The molecule has 0 saturated carbocycles. The van der Waals surface area contributed by atoms with Crippen LogP contribution >= 0.6 is 0 Å². The molecular weight excluding hydrogens is 204 g/mol. The Labute approximate surface area is 86.8 Å². The summed E-state index contributed by atoms with van der Waals surface area (Å²) >= 11 is 0. The average molecular weight is 219 g/mol. The Morgan fingerprint density at radius 3 is 2.93 bits per heavy atom. The number of aromatic nitrogens is 2. The molecule has 0 spiro atoms. The lowest BCUT2D eigenvalue weighted by Gasteiger charge is -2.09. The van der Waals surface area contributed by atoms with Gasteiger partial charge in [0.25, 0.3) is 6.43 Å². The smallest absolute Gasteiger partial charge is 0.261 e. The topological polar surface area (TPSA) is 63.9 Å². The number of nitrogens with two attached hydrogens (primary N) is 1. The number of H-pyrrole nitrogens is 1. The highest BCUT2D eigenvalue weighted by molar-refractivity contribution is 4.90. The summed E-state index contributed by atoms with van der Waals surface area (Å²) in [4.78, 5) is 6.94. The van der Waals surface area contributed by atoms with Crippen molar-refractivity contribution in [2.45, 2.75) is 25.3 Å². The molecule has 0 aromatic carbocycles. The third-order valence-electron chi connectivity index (χ3n) is 1.89. The highest BCUT2D eigenvalue weighted by atomic mass is 19.3. The van der Waals surface area contributed by atoms with Crippen LogP contribution in [-0.2, 0) is 11.2 Å². The van der Waals surface area contributed by atoms with Crippen molar-refractivity contribution in [3.05, 3.63) is 18.2 Å². The summed E-state index contributed by atoms with van der Waals surface area (Å²) in [6.45, 7) is -0.264. The van der Waals surface area contributed by atoms with Crippen molar-refractivity contribution < 1.29 is 13.5 Å². The summed E-state index contributed by atoms with van der Waals surface area (Å²) in [5, 5.41) is 0. The van der Waals surface area contributed by atoms with E-state index in [-0.39, 0.29) is 12.6 Å². The molecular formula is C9H15F2N3O. The summed E-state index contributed by atoms with van der Waals surface area (Å²) in [5.74, 6) is 0.802. The van der Waals surface area contributed by atoms with Crippen LogP contribution in [-0.4, -0.2) is 35.6 Å². The molecule has 15 heavy (non-hydrogen) atoms. The highest BCUT2D eigenvalue weighted by Crippen LogP contribution is 2.00. The van der Waals surface area contributed by atoms with Crippen molar-refractivity contribution in [2.24, 2.45) is 5.73 Å². The summed E-state index contributed by atoms with van der Waals surface area (Å²) in [7, 11) is 0. The van der Waals surface area contributed by atoms with E-state index in [4.69, 9.17) is 10.5 Å². The number of rotatable bonds is 7. The van der Waals surface area contributed by atoms with Crippen LogP contribution in [0.1, 0.15) is 12.2 Å². The first-order valence-electron chi connectivity index (χ1n) is 4.78. The van der Waals surface area contributed by atoms with Gasteiger partial charge in [0, 0.05) is 31.5 Å². The van der Waals surface area contributed by atoms with E-state index in [2.05, 4.69) is 9.97 Å². The Hall–Kier alpha value is -1.01. The Kier molecular flexibility index (Phi) is 5.20. The lowest BCUT2D eigenvalue weighted by atomic mass is 10.1. The number of nitrogens with zero attached hydrogens (tertiary/aromatic N) is 1. The molecule has 0 radical (unpaired) electrons. The van der Waals surface area contributed by atoms with Gasteiger partial charge in [-0.05, 0) is 6.42 Å². The van der Waals surface area contributed by atoms with Gasteiger partial charge in [-0.2, -0.15) is 0 Å². The largest absolute Gasteiger partial charge is 0.375 e. The standard InChI is InChI=1S/C9H15F2N3O/c10-8(11)6-15-4-1-7(12)5-9-13-2-3-14-9/h2-3,7-8H,1,4-6,12H2,(H,13,14). The van der Waals surface area contributed by atoms with Crippen molar-refractivity contribution in [3.63, 3.8) is 0 Å². The van der Waals surface area contributed by atoms with Crippen LogP contribution in [0.5, 0.6) is 0 Å². The molecule has 0 fully saturated rings. The monoisotopic (exact) mass is 219 g/mol. The van der Waals surface area contributed by atoms with Crippen molar-refractivity contribution in [1.29, 1.82) is 0 Å². The number of hydrogen-bond acceptors (Lipinski definition) is 3. The van der Waals surface area contributed by atoms with E-state index in [9.17, 15) is 8.78 Å². The van der Waals surface area contributed by atoms with E-state index >= 15 is 0 Å². The molecule has 0 saturated heterocycles. The number of halogens is 2. The molecule has 0 aliphatic heterocycles. The number of aromatic amines is 1. The van der Waals surface area contributed by atoms with Crippen LogP contribution in [0.25, 0.3) is 0 Å². The SMILES string of the molecule is NC(CCOCC(F)F)Cc1ncc[nH]1. The Bertz CT molecular complexity index is 254. The van der Waals surface area contributed by atoms with Gasteiger partial charge in [0.15, 0.2) is 0 Å². The minimum absolute atomic E-state index is 0.117. The van der Waals surface area contributed by atoms with Gasteiger partial charge in [-0.3, -0.25) is 0 Å². The molecule has 0 aliphatic carbocycles. The highest BCUT2D eigenvalue weighted by Gasteiger charge is 2.07. The summed E-state index contributed by atoms with van der Waals surface area (Å²) < 4.78 is 28.1. The normalized spacial score (nSPS) is 13.3. The van der Waals surface area contributed by atoms with Crippen molar-refractivity contribution in [3.8, 4) is 0 Å². The molecule has 86 valence electrons. The molecule has 1 rings (SSSR count). The first-order valence-corrected chi connectivity index (χ1v) is 4.78. The summed E-state index contributed by atoms with van der Waals surface area (Å²) in [6.07, 6.45) is 2.11. The number of ether oxygens (including phenoxy) is 1. The molecule has 3 N–H and O–H groups in total. The first-order chi connectivity index (χ1) is 7.18. The van der Waals surface area contributed by atoms with Gasteiger partial charge in [0.1, 0.15) is 12.4 Å². The van der Waals surface area contributed by atoms with Gasteiger partial charge in [-0.25, -0.2) is 13.8 Å². The number of hydrogen-bond donors (Lipinski definition) is 2.